The van der Waals surface area contributed by atoms with Crippen molar-refractivity contribution < 1.29 is 0 Å². The zero-order valence-corrected chi connectivity index (χ0v) is 16.7. The van der Waals surface area contributed by atoms with E-state index in [0.29, 0.717) is 19.6 Å². The third-order valence-corrected chi connectivity index (χ3v) is 5.29. The van der Waals surface area contributed by atoms with Crippen LogP contribution in [0.1, 0.15) is 18.1 Å². The Hall–Kier alpha value is -3.35. The van der Waals surface area contributed by atoms with E-state index in [1.54, 1.807) is 0 Å². The lowest BCUT2D eigenvalue weighted by atomic mass is 10.3. The molecule has 0 spiro atoms. The zero-order valence-electron chi connectivity index (χ0n) is 16.7. The molecule has 0 saturated heterocycles. The van der Waals surface area contributed by atoms with Crippen molar-refractivity contribution in [3.05, 3.63) is 70.6 Å². The van der Waals surface area contributed by atoms with Crippen molar-refractivity contribution in [1.82, 2.24) is 24.0 Å². The number of nitrogens with zero attached hydrogens (tertiary/aromatic N) is 8. The number of hydrogen-bond acceptors (Lipinski definition) is 4. The van der Waals surface area contributed by atoms with Crippen molar-refractivity contribution in [2.75, 3.05) is 13.1 Å². The highest BCUT2D eigenvalue weighted by molar-refractivity contribution is 5.76. The van der Waals surface area contributed by atoms with Crippen molar-refractivity contribution in [2.24, 2.45) is 19.2 Å². The van der Waals surface area contributed by atoms with Crippen LogP contribution in [0, 0.1) is 0 Å². The molecule has 2 aromatic carbocycles. The highest BCUT2D eigenvalue weighted by Gasteiger charge is 2.16. The molecule has 0 N–H and O–H groups in total. The SMILES string of the molecule is Cn1c(CN(CCCN=[N+]=[N-])Cc2nc3ccccc3n2C)nc2ccccc21. The summed E-state index contributed by atoms with van der Waals surface area (Å²) in [5.74, 6) is 2.02. The summed E-state index contributed by atoms with van der Waals surface area (Å²) in [5, 5.41) is 3.67. The highest BCUT2D eigenvalue weighted by Crippen LogP contribution is 2.19. The summed E-state index contributed by atoms with van der Waals surface area (Å²) in [4.78, 5) is 14.8. The van der Waals surface area contributed by atoms with Gasteiger partial charge in [-0.25, -0.2) is 9.97 Å². The monoisotopic (exact) mass is 388 g/mol. The lowest BCUT2D eigenvalue weighted by Gasteiger charge is -2.21. The Morgan fingerprint density at radius 1 is 0.897 bits per heavy atom. The fourth-order valence-electron chi connectivity index (χ4n) is 3.70. The minimum Gasteiger partial charge on any atom is -0.330 e. The summed E-state index contributed by atoms with van der Waals surface area (Å²) < 4.78 is 4.29. The molecule has 0 aliphatic heterocycles. The molecule has 2 aromatic heterocycles. The smallest absolute Gasteiger partial charge is 0.123 e. The zero-order chi connectivity index (χ0) is 20.2. The molecule has 0 aliphatic carbocycles. The van der Waals surface area contributed by atoms with E-state index in [4.69, 9.17) is 15.5 Å². The maximum absolute atomic E-state index is 8.55. The second-order valence-electron chi connectivity index (χ2n) is 7.17. The van der Waals surface area contributed by atoms with Crippen LogP contribution in [0.3, 0.4) is 0 Å². The summed E-state index contributed by atoms with van der Waals surface area (Å²) in [6.07, 6.45) is 0.790. The first-order chi connectivity index (χ1) is 14.2. The Kier molecular flexibility index (Phi) is 5.46. The van der Waals surface area contributed by atoms with Crippen LogP contribution in [-0.2, 0) is 27.2 Å². The number of azide groups is 1. The van der Waals surface area contributed by atoms with Crippen molar-refractivity contribution in [3.63, 3.8) is 0 Å². The molecule has 0 amide bonds. The average Bonchev–Trinajstić information content (AvgIpc) is 3.22. The van der Waals surface area contributed by atoms with Crippen LogP contribution in [0.4, 0.5) is 0 Å². The number of rotatable bonds is 8. The Morgan fingerprint density at radius 3 is 1.90 bits per heavy atom. The molecular formula is C21H24N8. The van der Waals surface area contributed by atoms with Gasteiger partial charge in [-0.3, -0.25) is 4.90 Å². The molecule has 29 heavy (non-hydrogen) atoms. The van der Waals surface area contributed by atoms with Crippen LogP contribution in [0.15, 0.2) is 53.6 Å². The third kappa shape index (κ3) is 3.94. The normalized spacial score (nSPS) is 11.4. The van der Waals surface area contributed by atoms with Crippen LogP contribution in [0.25, 0.3) is 32.5 Å². The second kappa shape index (κ2) is 8.34. The molecule has 8 nitrogen and oxygen atoms in total. The lowest BCUT2D eigenvalue weighted by molar-refractivity contribution is 0.239. The van der Waals surface area contributed by atoms with Crippen molar-refractivity contribution in [3.8, 4) is 0 Å². The van der Waals surface area contributed by atoms with Crippen molar-refractivity contribution in [1.29, 1.82) is 0 Å². The van der Waals surface area contributed by atoms with Crippen LogP contribution in [0.2, 0.25) is 0 Å². The molecule has 0 bridgehead atoms. The number of para-hydroxylation sites is 4. The topological polar surface area (TPSA) is 87.6 Å². The maximum Gasteiger partial charge on any atom is 0.123 e. The predicted molar refractivity (Wildman–Crippen MR) is 114 cm³/mol. The molecular weight excluding hydrogens is 364 g/mol. The first kappa shape index (κ1) is 19.0. The van der Waals surface area contributed by atoms with Gasteiger partial charge >= 0.3 is 0 Å². The van der Waals surface area contributed by atoms with E-state index < -0.39 is 0 Å². The van der Waals surface area contributed by atoms with Gasteiger partial charge in [0.2, 0.25) is 0 Å². The van der Waals surface area contributed by atoms with Gasteiger partial charge in [0.25, 0.3) is 0 Å². The number of hydrogen-bond donors (Lipinski definition) is 0. The van der Waals surface area contributed by atoms with Crippen molar-refractivity contribution >= 4 is 22.1 Å². The summed E-state index contributed by atoms with van der Waals surface area (Å²) >= 11 is 0. The molecule has 0 aliphatic rings. The highest BCUT2D eigenvalue weighted by atomic mass is 15.2. The van der Waals surface area contributed by atoms with E-state index in [9.17, 15) is 0 Å². The molecule has 148 valence electrons. The lowest BCUT2D eigenvalue weighted by Crippen LogP contribution is -2.27. The predicted octanol–water partition coefficient (Wildman–Crippen LogP) is 4.16. The first-order valence-electron chi connectivity index (χ1n) is 9.71. The number of fused-ring (bicyclic) bond motifs is 2. The summed E-state index contributed by atoms with van der Waals surface area (Å²) in [5.41, 5.74) is 12.8. The van der Waals surface area contributed by atoms with Crippen LogP contribution in [0.5, 0.6) is 0 Å². The molecule has 0 saturated carbocycles. The van der Waals surface area contributed by atoms with E-state index in [-0.39, 0.29) is 0 Å². The summed E-state index contributed by atoms with van der Waals surface area (Å²) in [6.45, 7) is 2.68. The van der Waals surface area contributed by atoms with Gasteiger partial charge in [-0.1, -0.05) is 29.4 Å². The quantitative estimate of drug-likeness (QED) is 0.196. The average molecular weight is 388 g/mol. The minimum atomic E-state index is 0.484. The van der Waals surface area contributed by atoms with E-state index in [2.05, 4.69) is 50.3 Å². The van der Waals surface area contributed by atoms with Crippen LogP contribution >= 0.6 is 0 Å². The Labute approximate surface area is 169 Å². The van der Waals surface area contributed by atoms with Crippen LogP contribution < -0.4 is 0 Å². The van der Waals surface area contributed by atoms with Gasteiger partial charge in [0.05, 0.1) is 35.2 Å². The summed E-state index contributed by atoms with van der Waals surface area (Å²) in [7, 11) is 4.11. The fraction of sp³-hybridized carbons (Fsp3) is 0.333. The Morgan fingerprint density at radius 2 is 1.41 bits per heavy atom. The molecule has 2 heterocycles. The maximum atomic E-state index is 8.55. The molecule has 0 unspecified atom stereocenters. The van der Waals surface area contributed by atoms with Gasteiger partial charge in [0, 0.05) is 25.6 Å². The van der Waals surface area contributed by atoms with Gasteiger partial charge in [0.15, 0.2) is 0 Å². The van der Waals surface area contributed by atoms with Gasteiger partial charge in [-0.05, 0) is 42.8 Å². The molecule has 8 heteroatoms. The standard InChI is InChI=1S/C21H24N8/c1-27-18-10-5-3-8-16(18)24-20(27)14-29(13-7-12-23-26-22)15-21-25-17-9-4-6-11-19(17)28(21)2/h3-6,8-11H,7,12-15H2,1-2H3. The molecule has 0 fully saturated rings. The molecule has 0 atom stereocenters. The second-order valence-corrected chi connectivity index (χ2v) is 7.17. The molecule has 4 rings (SSSR count). The molecule has 0 radical (unpaired) electrons. The van der Waals surface area contributed by atoms with Gasteiger partial charge in [0.1, 0.15) is 11.6 Å². The fourth-order valence-corrected chi connectivity index (χ4v) is 3.70. The number of aromatic nitrogens is 4. The van der Waals surface area contributed by atoms with Gasteiger partial charge in [-0.15, -0.1) is 0 Å². The largest absolute Gasteiger partial charge is 0.330 e. The van der Waals surface area contributed by atoms with E-state index in [1.807, 2.05) is 36.4 Å². The van der Waals surface area contributed by atoms with Gasteiger partial charge < -0.3 is 9.13 Å². The minimum absolute atomic E-state index is 0.484. The third-order valence-electron chi connectivity index (χ3n) is 5.29. The van der Waals surface area contributed by atoms with Crippen molar-refractivity contribution in [2.45, 2.75) is 19.5 Å². The number of imidazole rings is 2. The van der Waals surface area contributed by atoms with E-state index in [1.165, 1.54) is 0 Å². The van der Waals surface area contributed by atoms with Gasteiger partial charge in [-0.2, -0.15) is 0 Å². The summed E-state index contributed by atoms with van der Waals surface area (Å²) in [6, 6.07) is 16.3. The number of aryl methyl sites for hydroxylation is 2. The first-order valence-corrected chi connectivity index (χ1v) is 9.71. The Bertz CT molecular complexity index is 1100. The molecule has 4 aromatic rings. The van der Waals surface area contributed by atoms with E-state index >= 15 is 0 Å². The number of benzene rings is 2. The Balaban J connectivity index is 1.60. The van der Waals surface area contributed by atoms with E-state index in [0.717, 1.165) is 46.7 Å². The van der Waals surface area contributed by atoms with Crippen LogP contribution in [-0.4, -0.2) is 37.1 Å².